The molecule has 9 heteroatoms. The van der Waals surface area contributed by atoms with Crippen LogP contribution in [0, 0.1) is 0 Å². The molecule has 0 saturated carbocycles. The van der Waals surface area contributed by atoms with Crippen molar-refractivity contribution in [2.45, 2.75) is 5.92 Å². The van der Waals surface area contributed by atoms with Gasteiger partial charge >= 0.3 is 0 Å². The molecule has 1 heterocycles. The van der Waals surface area contributed by atoms with Gasteiger partial charge in [-0.05, 0) is 18.2 Å². The number of nitrogens with two attached hydrogens (primary N) is 1. The summed E-state index contributed by atoms with van der Waals surface area (Å²) in [5.41, 5.74) is 5.62. The molecule has 0 spiro atoms. The maximum Gasteiger partial charge on any atom is 0.277 e. The molecule has 0 fully saturated rings. The van der Waals surface area contributed by atoms with E-state index in [0.29, 0.717) is 10.9 Å². The van der Waals surface area contributed by atoms with Gasteiger partial charge in [-0.1, -0.05) is 15.9 Å². The summed E-state index contributed by atoms with van der Waals surface area (Å²) >= 11 is 3.27. The molecule has 1 aromatic carbocycles. The van der Waals surface area contributed by atoms with E-state index in [2.05, 4.69) is 31.4 Å². The van der Waals surface area contributed by atoms with Gasteiger partial charge < -0.3 is 11.1 Å². The number of carbonyl (C=O) groups excluding carboxylic acids is 1. The van der Waals surface area contributed by atoms with Crippen molar-refractivity contribution in [3.05, 3.63) is 28.4 Å². The van der Waals surface area contributed by atoms with E-state index in [9.17, 15) is 13.6 Å². The van der Waals surface area contributed by atoms with E-state index in [4.69, 9.17) is 5.73 Å². The molecule has 0 aliphatic carbocycles. The summed E-state index contributed by atoms with van der Waals surface area (Å²) in [7, 11) is 0. The third-order valence-corrected chi connectivity index (χ3v) is 3.04. The molecular formula is C11H12BrClF2N4O. The van der Waals surface area contributed by atoms with E-state index in [-0.39, 0.29) is 18.1 Å². The molecule has 0 aliphatic rings. The standard InChI is InChI=1S/C11H11BrF2N4O.ClH/c12-6-1-2-8-7(3-6)9(18-17-8)10(19)16-5-11(13,14)4-15;/h1-3H,4-5,15H2,(H,16,19)(H,17,18);1H. The first-order valence-corrected chi connectivity index (χ1v) is 6.22. The van der Waals surface area contributed by atoms with Gasteiger partial charge in [0.1, 0.15) is 0 Å². The Balaban J connectivity index is 0.00000200. The Kier molecular flexibility index (Phi) is 5.43. The molecule has 110 valence electrons. The number of alkyl halides is 2. The topological polar surface area (TPSA) is 83.8 Å². The van der Waals surface area contributed by atoms with Gasteiger partial charge in [0.2, 0.25) is 0 Å². The van der Waals surface area contributed by atoms with E-state index in [1.54, 1.807) is 18.2 Å². The lowest BCUT2D eigenvalue weighted by molar-refractivity contribution is 0.0118. The van der Waals surface area contributed by atoms with E-state index >= 15 is 0 Å². The maximum atomic E-state index is 13.0. The lowest BCUT2D eigenvalue weighted by atomic mass is 10.2. The van der Waals surface area contributed by atoms with Gasteiger partial charge in [0.05, 0.1) is 18.6 Å². The Morgan fingerprint density at radius 3 is 2.85 bits per heavy atom. The van der Waals surface area contributed by atoms with Crippen molar-refractivity contribution in [2.24, 2.45) is 5.73 Å². The highest BCUT2D eigenvalue weighted by molar-refractivity contribution is 9.10. The summed E-state index contributed by atoms with van der Waals surface area (Å²) in [4.78, 5) is 11.8. The summed E-state index contributed by atoms with van der Waals surface area (Å²) in [6, 6.07) is 5.21. The molecule has 0 atom stereocenters. The third-order valence-electron chi connectivity index (χ3n) is 2.55. The number of hydrogen-bond donors (Lipinski definition) is 3. The lowest BCUT2D eigenvalue weighted by Crippen LogP contribution is -2.41. The zero-order valence-corrected chi connectivity index (χ0v) is 12.5. The second-order valence-electron chi connectivity index (χ2n) is 4.00. The number of aromatic nitrogens is 2. The minimum absolute atomic E-state index is 0. The van der Waals surface area contributed by atoms with Crippen LogP contribution >= 0.6 is 28.3 Å². The summed E-state index contributed by atoms with van der Waals surface area (Å²) in [6.45, 7) is -1.63. The highest BCUT2D eigenvalue weighted by atomic mass is 79.9. The van der Waals surface area contributed by atoms with Gasteiger partial charge in [0, 0.05) is 9.86 Å². The molecule has 0 bridgehead atoms. The third kappa shape index (κ3) is 3.65. The van der Waals surface area contributed by atoms with Crippen molar-refractivity contribution in [2.75, 3.05) is 13.1 Å². The normalized spacial score (nSPS) is 11.2. The van der Waals surface area contributed by atoms with Crippen molar-refractivity contribution in [1.29, 1.82) is 0 Å². The number of benzene rings is 1. The van der Waals surface area contributed by atoms with Crippen LogP contribution in [0.3, 0.4) is 0 Å². The van der Waals surface area contributed by atoms with Crippen LogP contribution in [0.4, 0.5) is 8.78 Å². The number of aromatic amines is 1. The smallest absolute Gasteiger partial charge is 0.277 e. The van der Waals surface area contributed by atoms with E-state index in [1.807, 2.05) is 0 Å². The van der Waals surface area contributed by atoms with Crippen LogP contribution in [0.5, 0.6) is 0 Å². The predicted molar refractivity (Wildman–Crippen MR) is 77.4 cm³/mol. The average molecular weight is 370 g/mol. The fraction of sp³-hybridized carbons (Fsp3) is 0.273. The Morgan fingerprint density at radius 2 is 2.20 bits per heavy atom. The van der Waals surface area contributed by atoms with Gasteiger partial charge in [-0.2, -0.15) is 5.10 Å². The highest BCUT2D eigenvalue weighted by Gasteiger charge is 2.28. The first-order chi connectivity index (χ1) is 8.93. The number of halogens is 4. The number of H-pyrrole nitrogens is 1. The minimum atomic E-state index is -3.12. The molecule has 0 radical (unpaired) electrons. The number of fused-ring (bicyclic) bond motifs is 1. The Bertz CT molecular complexity index is 619. The van der Waals surface area contributed by atoms with Crippen molar-refractivity contribution in [3.8, 4) is 0 Å². The fourth-order valence-electron chi connectivity index (χ4n) is 1.52. The highest BCUT2D eigenvalue weighted by Crippen LogP contribution is 2.21. The zero-order chi connectivity index (χ0) is 14.0. The van der Waals surface area contributed by atoms with Crippen LogP contribution in [0.2, 0.25) is 0 Å². The lowest BCUT2D eigenvalue weighted by Gasteiger charge is -2.13. The minimum Gasteiger partial charge on any atom is -0.345 e. The summed E-state index contributed by atoms with van der Waals surface area (Å²) in [6.07, 6.45) is 0. The van der Waals surface area contributed by atoms with Crippen LogP contribution in [-0.2, 0) is 0 Å². The van der Waals surface area contributed by atoms with E-state index in [1.165, 1.54) is 0 Å². The second-order valence-corrected chi connectivity index (χ2v) is 4.92. The van der Waals surface area contributed by atoms with Crippen molar-refractivity contribution in [1.82, 2.24) is 15.5 Å². The number of nitrogens with one attached hydrogen (secondary N) is 2. The SMILES string of the molecule is Cl.NCC(F)(F)CNC(=O)c1n[nH]c2ccc(Br)cc12. The zero-order valence-electron chi connectivity index (χ0n) is 10.1. The Morgan fingerprint density at radius 1 is 1.50 bits per heavy atom. The number of rotatable bonds is 4. The maximum absolute atomic E-state index is 13.0. The van der Waals surface area contributed by atoms with Gasteiger partial charge in [0.25, 0.3) is 11.8 Å². The van der Waals surface area contributed by atoms with Crippen LogP contribution in [-0.4, -0.2) is 35.1 Å². The Hall–Kier alpha value is -1.25. The largest absolute Gasteiger partial charge is 0.345 e. The molecule has 2 aromatic rings. The van der Waals surface area contributed by atoms with Gasteiger partial charge in [0.15, 0.2) is 5.69 Å². The van der Waals surface area contributed by atoms with Crippen LogP contribution in [0.1, 0.15) is 10.5 Å². The molecule has 1 aromatic heterocycles. The molecule has 5 nitrogen and oxygen atoms in total. The fourth-order valence-corrected chi connectivity index (χ4v) is 1.89. The second kappa shape index (κ2) is 6.47. The predicted octanol–water partition coefficient (Wildman–Crippen LogP) is 2.07. The van der Waals surface area contributed by atoms with E-state index < -0.39 is 24.9 Å². The average Bonchev–Trinajstić information content (AvgIpc) is 2.79. The van der Waals surface area contributed by atoms with Gasteiger partial charge in [-0.25, -0.2) is 8.78 Å². The van der Waals surface area contributed by atoms with Crippen molar-refractivity contribution < 1.29 is 13.6 Å². The number of nitrogens with zero attached hydrogens (tertiary/aromatic N) is 1. The summed E-state index contributed by atoms with van der Waals surface area (Å²) in [5.74, 6) is -3.79. The first-order valence-electron chi connectivity index (χ1n) is 5.43. The van der Waals surface area contributed by atoms with Crippen LogP contribution < -0.4 is 11.1 Å². The summed E-state index contributed by atoms with van der Waals surface area (Å²) < 4.78 is 26.7. The summed E-state index contributed by atoms with van der Waals surface area (Å²) in [5, 5.41) is 9.17. The number of hydrogen-bond acceptors (Lipinski definition) is 3. The Labute approximate surface area is 127 Å². The molecule has 0 saturated heterocycles. The molecule has 2 rings (SSSR count). The van der Waals surface area contributed by atoms with Crippen molar-refractivity contribution in [3.63, 3.8) is 0 Å². The molecule has 20 heavy (non-hydrogen) atoms. The number of amides is 1. The molecular weight excluding hydrogens is 358 g/mol. The monoisotopic (exact) mass is 368 g/mol. The molecule has 0 unspecified atom stereocenters. The van der Waals surface area contributed by atoms with Crippen LogP contribution in [0.15, 0.2) is 22.7 Å². The first kappa shape index (κ1) is 16.8. The van der Waals surface area contributed by atoms with E-state index in [0.717, 1.165) is 4.47 Å². The van der Waals surface area contributed by atoms with Crippen molar-refractivity contribution >= 4 is 45.1 Å². The number of carbonyl (C=O) groups is 1. The van der Waals surface area contributed by atoms with Gasteiger partial charge in [-0.3, -0.25) is 9.89 Å². The molecule has 4 N–H and O–H groups in total. The van der Waals surface area contributed by atoms with Crippen LogP contribution in [0.25, 0.3) is 10.9 Å². The molecule has 0 aliphatic heterocycles. The van der Waals surface area contributed by atoms with Gasteiger partial charge in [-0.15, -0.1) is 12.4 Å². The quantitative estimate of drug-likeness (QED) is 0.771. The molecule has 1 amide bonds.